The summed E-state index contributed by atoms with van der Waals surface area (Å²) in [5, 5.41) is 12.2. The van der Waals surface area contributed by atoms with Crippen LogP contribution in [0, 0.1) is 23.6 Å². The summed E-state index contributed by atoms with van der Waals surface area (Å²) in [6.45, 7) is 6.89. The van der Waals surface area contributed by atoms with Crippen molar-refractivity contribution in [1.29, 1.82) is 0 Å². The van der Waals surface area contributed by atoms with Crippen LogP contribution in [0.2, 0.25) is 0 Å². The van der Waals surface area contributed by atoms with E-state index in [-0.39, 0.29) is 23.5 Å². The van der Waals surface area contributed by atoms with Crippen LogP contribution in [0.1, 0.15) is 64.9 Å². The van der Waals surface area contributed by atoms with Crippen LogP contribution in [0.3, 0.4) is 0 Å². The minimum absolute atomic E-state index is 0.134. The summed E-state index contributed by atoms with van der Waals surface area (Å²) in [7, 11) is 0. The molecule has 206 valence electrons. The molecule has 0 saturated carbocycles. The molecule has 1 fully saturated rings. The zero-order valence-electron chi connectivity index (χ0n) is 22.6. The van der Waals surface area contributed by atoms with Gasteiger partial charge in [0.2, 0.25) is 17.7 Å². The maximum atomic E-state index is 13.6. The van der Waals surface area contributed by atoms with Crippen LogP contribution >= 0.6 is 0 Å². The molecule has 8 heteroatoms. The molecule has 3 rings (SSSR count). The van der Waals surface area contributed by atoms with Gasteiger partial charge in [0, 0.05) is 19.0 Å². The van der Waals surface area contributed by atoms with E-state index in [0.29, 0.717) is 38.8 Å². The van der Waals surface area contributed by atoms with Crippen LogP contribution in [-0.2, 0) is 20.9 Å². The Morgan fingerprint density at radius 1 is 1.05 bits per heavy atom. The monoisotopic (exact) mass is 525 g/mol. The normalized spacial score (nSPS) is 17.6. The fourth-order valence-electron chi connectivity index (χ4n) is 5.26. The van der Waals surface area contributed by atoms with E-state index in [1.54, 1.807) is 22.5 Å². The van der Waals surface area contributed by atoms with E-state index in [2.05, 4.69) is 5.32 Å². The predicted molar refractivity (Wildman–Crippen MR) is 144 cm³/mol. The molecule has 0 unspecified atom stereocenters. The Bertz CT molecular complexity index is 1090. The van der Waals surface area contributed by atoms with Crippen LogP contribution in [0.25, 0.3) is 11.1 Å². The number of rotatable bonds is 11. The van der Waals surface area contributed by atoms with Crippen molar-refractivity contribution in [3.05, 3.63) is 59.9 Å². The average molecular weight is 526 g/mol. The first kappa shape index (κ1) is 29.3. The highest BCUT2D eigenvalue weighted by Gasteiger charge is 2.36. The molecule has 1 saturated heterocycles. The fraction of sp³-hybridized carbons (Fsp3) is 0.500. The van der Waals surface area contributed by atoms with Gasteiger partial charge in [0.25, 0.3) is 0 Å². The van der Waals surface area contributed by atoms with Gasteiger partial charge in [-0.15, -0.1) is 0 Å². The molecular formula is C30H40FN3O4. The fourth-order valence-corrected chi connectivity index (χ4v) is 5.26. The molecule has 7 nitrogen and oxygen atoms in total. The van der Waals surface area contributed by atoms with Crippen LogP contribution in [0.15, 0.2) is 48.5 Å². The Kier molecular flexibility index (Phi) is 10.8. The van der Waals surface area contributed by atoms with Gasteiger partial charge < -0.3 is 10.2 Å². The van der Waals surface area contributed by atoms with Crippen LogP contribution in [0.4, 0.5) is 4.39 Å². The van der Waals surface area contributed by atoms with Crippen molar-refractivity contribution in [1.82, 2.24) is 15.7 Å². The van der Waals surface area contributed by atoms with Gasteiger partial charge in [-0.3, -0.25) is 19.6 Å². The lowest BCUT2D eigenvalue weighted by Gasteiger charge is -2.29. The van der Waals surface area contributed by atoms with E-state index in [0.717, 1.165) is 29.5 Å². The molecule has 1 aliphatic heterocycles. The number of nitrogens with zero attached hydrogens (tertiary/aromatic N) is 1. The Labute approximate surface area is 224 Å². The van der Waals surface area contributed by atoms with Gasteiger partial charge in [0.05, 0.1) is 5.92 Å². The maximum Gasteiger partial charge on any atom is 0.247 e. The zero-order chi connectivity index (χ0) is 27.7. The van der Waals surface area contributed by atoms with E-state index in [1.807, 2.05) is 45.0 Å². The van der Waals surface area contributed by atoms with Gasteiger partial charge in [-0.2, -0.15) is 0 Å². The molecule has 2 aromatic carbocycles. The van der Waals surface area contributed by atoms with Crippen LogP contribution in [0.5, 0.6) is 0 Å². The molecule has 3 amide bonds. The van der Waals surface area contributed by atoms with E-state index < -0.39 is 23.8 Å². The van der Waals surface area contributed by atoms with Gasteiger partial charge in [0.15, 0.2) is 0 Å². The minimum Gasteiger partial charge on any atom is -0.344 e. The Hall–Kier alpha value is -3.26. The topological polar surface area (TPSA) is 98.7 Å². The molecule has 2 aromatic rings. The maximum absolute atomic E-state index is 13.6. The first-order chi connectivity index (χ1) is 18.2. The van der Waals surface area contributed by atoms with Gasteiger partial charge >= 0.3 is 0 Å². The standard InChI is InChI=1S/C30H40FN3O4/c1-4-8-25(29(36)33-38)26(17-20(2)3)28(35)32-27-11-5-6-16-34(30(27)37)19-21-9-7-10-23(18-21)22-12-14-24(31)15-13-22/h7,9-10,12-15,18,20,25-27,38H,4-6,8,11,16-17,19H2,1-3H3,(H,32,35)(H,33,36)/t25-,26-,27-/m0/s1. The molecule has 0 aliphatic carbocycles. The van der Waals surface area contributed by atoms with Crippen LogP contribution in [-0.4, -0.2) is 40.4 Å². The first-order valence-electron chi connectivity index (χ1n) is 13.6. The number of hydrogen-bond donors (Lipinski definition) is 3. The van der Waals surface area contributed by atoms with E-state index in [4.69, 9.17) is 0 Å². The highest BCUT2D eigenvalue weighted by molar-refractivity contribution is 5.91. The summed E-state index contributed by atoms with van der Waals surface area (Å²) >= 11 is 0. The van der Waals surface area contributed by atoms with Gasteiger partial charge in [-0.25, -0.2) is 9.87 Å². The lowest BCUT2D eigenvalue weighted by molar-refractivity contribution is -0.143. The van der Waals surface area contributed by atoms with E-state index in [1.165, 1.54) is 12.1 Å². The molecule has 0 bridgehead atoms. The summed E-state index contributed by atoms with van der Waals surface area (Å²) in [5.74, 6) is -2.46. The van der Waals surface area contributed by atoms with E-state index in [9.17, 15) is 24.0 Å². The largest absolute Gasteiger partial charge is 0.344 e. The second kappa shape index (κ2) is 14.0. The second-order valence-electron chi connectivity index (χ2n) is 10.6. The highest BCUT2D eigenvalue weighted by atomic mass is 19.1. The van der Waals surface area contributed by atoms with E-state index >= 15 is 0 Å². The quantitative estimate of drug-likeness (QED) is 0.282. The Balaban J connectivity index is 1.75. The first-order valence-corrected chi connectivity index (χ1v) is 13.6. The second-order valence-corrected chi connectivity index (χ2v) is 10.6. The van der Waals surface area contributed by atoms with Crippen molar-refractivity contribution >= 4 is 17.7 Å². The lowest BCUT2D eigenvalue weighted by atomic mass is 9.81. The molecule has 3 atom stereocenters. The summed E-state index contributed by atoms with van der Waals surface area (Å²) in [4.78, 5) is 41.2. The zero-order valence-corrected chi connectivity index (χ0v) is 22.6. The summed E-state index contributed by atoms with van der Waals surface area (Å²) in [5.41, 5.74) is 4.51. The number of carbonyl (C=O) groups excluding carboxylic acids is 3. The van der Waals surface area contributed by atoms with Crippen molar-refractivity contribution in [2.24, 2.45) is 17.8 Å². The van der Waals surface area contributed by atoms with Gasteiger partial charge in [-0.05, 0) is 72.9 Å². The number of hydrogen-bond acceptors (Lipinski definition) is 4. The van der Waals surface area contributed by atoms with Crippen molar-refractivity contribution in [3.63, 3.8) is 0 Å². The summed E-state index contributed by atoms with van der Waals surface area (Å²) in [6.07, 6.45) is 3.80. The Morgan fingerprint density at radius 2 is 1.79 bits per heavy atom. The average Bonchev–Trinajstić information content (AvgIpc) is 3.07. The smallest absolute Gasteiger partial charge is 0.247 e. The molecule has 1 heterocycles. The molecular weight excluding hydrogens is 485 g/mol. The molecule has 38 heavy (non-hydrogen) atoms. The summed E-state index contributed by atoms with van der Waals surface area (Å²) in [6, 6.07) is 13.5. The number of carbonyl (C=O) groups is 3. The van der Waals surface area contributed by atoms with Crippen LogP contribution < -0.4 is 10.8 Å². The molecule has 3 N–H and O–H groups in total. The molecule has 1 aliphatic rings. The molecule has 0 radical (unpaired) electrons. The van der Waals surface area contributed by atoms with Crippen molar-refractivity contribution in [2.75, 3.05) is 6.54 Å². The number of benzene rings is 2. The molecule has 0 aromatic heterocycles. The predicted octanol–water partition coefficient (Wildman–Crippen LogP) is 5.07. The number of hydroxylamine groups is 1. The van der Waals surface area contributed by atoms with Gasteiger partial charge in [-0.1, -0.05) is 57.5 Å². The minimum atomic E-state index is -0.668. The van der Waals surface area contributed by atoms with Crippen molar-refractivity contribution in [2.45, 2.75) is 71.9 Å². The van der Waals surface area contributed by atoms with Crippen molar-refractivity contribution in [3.8, 4) is 11.1 Å². The highest BCUT2D eigenvalue weighted by Crippen LogP contribution is 2.27. The number of nitrogens with one attached hydrogen (secondary N) is 2. The third-order valence-electron chi connectivity index (χ3n) is 7.17. The lowest BCUT2D eigenvalue weighted by Crippen LogP contribution is -2.51. The molecule has 0 spiro atoms. The Morgan fingerprint density at radius 3 is 2.45 bits per heavy atom. The SMILES string of the molecule is CCC[C@H](C(=O)NO)[C@H](CC(C)C)C(=O)N[C@H]1CCCCN(Cc2cccc(-c3ccc(F)cc3)c2)C1=O. The number of likely N-dealkylation sites (tertiary alicyclic amines) is 1. The number of amides is 3. The van der Waals surface area contributed by atoms with Gasteiger partial charge in [0.1, 0.15) is 11.9 Å². The summed E-state index contributed by atoms with van der Waals surface area (Å²) < 4.78 is 13.3. The van der Waals surface area contributed by atoms with Crippen molar-refractivity contribution < 1.29 is 24.0 Å². The number of halogens is 1. The third kappa shape index (κ3) is 7.87. The third-order valence-corrected chi connectivity index (χ3v) is 7.17.